The predicted octanol–water partition coefficient (Wildman–Crippen LogP) is 4.31. The molecular formula is C16H10ClIN2O. The van der Waals surface area contributed by atoms with E-state index in [2.05, 4.69) is 27.6 Å². The van der Waals surface area contributed by atoms with Crippen molar-refractivity contribution in [2.45, 2.75) is 0 Å². The van der Waals surface area contributed by atoms with Crippen molar-refractivity contribution in [2.75, 3.05) is 5.73 Å². The minimum atomic E-state index is -0.130. The van der Waals surface area contributed by atoms with Crippen molar-refractivity contribution in [3.8, 4) is 0 Å². The molecule has 21 heavy (non-hydrogen) atoms. The third-order valence-electron chi connectivity index (χ3n) is 3.15. The molecule has 3 aromatic rings. The molecule has 2 aromatic carbocycles. The summed E-state index contributed by atoms with van der Waals surface area (Å²) in [7, 11) is 0. The summed E-state index contributed by atoms with van der Waals surface area (Å²) in [4.78, 5) is 16.9. The standard InChI is InChI=1S/C16H10ClIN2O/c17-11-4-1-9-3-6-14(20-15(9)8-11)16(21)10-2-5-13(19)12(18)7-10/h1-8H,19H2. The number of carbonyl (C=O) groups excluding carboxylic acids is 1. The van der Waals surface area contributed by atoms with Gasteiger partial charge in [0.15, 0.2) is 0 Å². The molecular weight excluding hydrogens is 399 g/mol. The third-order valence-corrected chi connectivity index (χ3v) is 4.32. The van der Waals surface area contributed by atoms with Crippen LogP contribution in [0.3, 0.4) is 0 Å². The van der Waals surface area contributed by atoms with Gasteiger partial charge < -0.3 is 5.73 Å². The zero-order valence-corrected chi connectivity index (χ0v) is 13.7. The summed E-state index contributed by atoms with van der Waals surface area (Å²) < 4.78 is 0.849. The normalized spacial score (nSPS) is 10.8. The molecule has 0 radical (unpaired) electrons. The molecule has 0 unspecified atom stereocenters. The van der Waals surface area contributed by atoms with Gasteiger partial charge in [0.1, 0.15) is 5.69 Å². The highest BCUT2D eigenvalue weighted by Gasteiger charge is 2.12. The fourth-order valence-electron chi connectivity index (χ4n) is 2.03. The SMILES string of the molecule is Nc1ccc(C(=O)c2ccc3ccc(Cl)cc3n2)cc1I. The number of nitrogen functional groups attached to an aromatic ring is 1. The molecule has 0 saturated heterocycles. The predicted molar refractivity (Wildman–Crippen MR) is 93.8 cm³/mol. The highest BCUT2D eigenvalue weighted by molar-refractivity contribution is 14.1. The number of halogens is 2. The quantitative estimate of drug-likeness (QED) is 0.391. The average Bonchev–Trinajstić information content (AvgIpc) is 2.48. The lowest BCUT2D eigenvalue weighted by Crippen LogP contribution is -2.05. The second-order valence-electron chi connectivity index (χ2n) is 4.60. The number of hydrogen-bond acceptors (Lipinski definition) is 3. The zero-order chi connectivity index (χ0) is 15.0. The Morgan fingerprint density at radius 2 is 1.86 bits per heavy atom. The Hall–Kier alpha value is -1.66. The van der Waals surface area contributed by atoms with Gasteiger partial charge in [0.25, 0.3) is 0 Å². The van der Waals surface area contributed by atoms with E-state index in [1.807, 2.05) is 12.1 Å². The van der Waals surface area contributed by atoms with Crippen LogP contribution in [0.15, 0.2) is 48.5 Å². The molecule has 5 heteroatoms. The number of carbonyl (C=O) groups is 1. The van der Waals surface area contributed by atoms with E-state index >= 15 is 0 Å². The summed E-state index contributed by atoms with van der Waals surface area (Å²) in [5.41, 5.74) is 8.10. The van der Waals surface area contributed by atoms with Crippen LogP contribution in [0.1, 0.15) is 16.1 Å². The third kappa shape index (κ3) is 2.87. The first-order chi connectivity index (χ1) is 10.0. The first kappa shape index (κ1) is 14.3. The van der Waals surface area contributed by atoms with Crippen LogP contribution in [0.5, 0.6) is 0 Å². The van der Waals surface area contributed by atoms with Crippen LogP contribution >= 0.6 is 34.2 Å². The Morgan fingerprint density at radius 3 is 2.62 bits per heavy atom. The maximum Gasteiger partial charge on any atom is 0.211 e. The summed E-state index contributed by atoms with van der Waals surface area (Å²) in [6, 6.07) is 14.2. The van der Waals surface area contributed by atoms with Crippen molar-refractivity contribution < 1.29 is 4.79 Å². The van der Waals surface area contributed by atoms with Gasteiger partial charge in [-0.2, -0.15) is 0 Å². The van der Waals surface area contributed by atoms with Crippen LogP contribution in [-0.4, -0.2) is 10.8 Å². The average molecular weight is 409 g/mol. The topological polar surface area (TPSA) is 56.0 Å². The minimum Gasteiger partial charge on any atom is -0.398 e. The lowest BCUT2D eigenvalue weighted by atomic mass is 10.1. The molecule has 3 nitrogen and oxygen atoms in total. The first-order valence-corrected chi connectivity index (χ1v) is 7.66. The summed E-state index contributed by atoms with van der Waals surface area (Å²) in [5.74, 6) is -0.130. The van der Waals surface area contributed by atoms with Crippen molar-refractivity contribution >= 4 is 56.6 Å². The van der Waals surface area contributed by atoms with Crippen molar-refractivity contribution in [2.24, 2.45) is 0 Å². The smallest absolute Gasteiger partial charge is 0.211 e. The fourth-order valence-corrected chi connectivity index (χ4v) is 2.71. The van der Waals surface area contributed by atoms with Crippen molar-refractivity contribution in [1.82, 2.24) is 4.98 Å². The molecule has 0 aliphatic rings. The van der Waals surface area contributed by atoms with E-state index in [4.69, 9.17) is 17.3 Å². The summed E-state index contributed by atoms with van der Waals surface area (Å²) in [6.45, 7) is 0. The van der Waals surface area contributed by atoms with E-state index in [1.54, 1.807) is 36.4 Å². The van der Waals surface area contributed by atoms with Crippen LogP contribution < -0.4 is 5.73 Å². The summed E-state index contributed by atoms with van der Waals surface area (Å²) >= 11 is 8.07. The number of anilines is 1. The van der Waals surface area contributed by atoms with Crippen LogP contribution in [-0.2, 0) is 0 Å². The molecule has 0 aliphatic heterocycles. The van der Waals surface area contributed by atoms with E-state index in [-0.39, 0.29) is 5.78 Å². The van der Waals surface area contributed by atoms with Gasteiger partial charge in [0, 0.05) is 25.2 Å². The largest absolute Gasteiger partial charge is 0.398 e. The number of nitrogens with two attached hydrogens (primary N) is 1. The number of aromatic nitrogens is 1. The highest BCUT2D eigenvalue weighted by atomic mass is 127. The van der Waals surface area contributed by atoms with Gasteiger partial charge >= 0.3 is 0 Å². The van der Waals surface area contributed by atoms with Crippen LogP contribution in [0.4, 0.5) is 5.69 Å². The van der Waals surface area contributed by atoms with Crippen LogP contribution in [0.25, 0.3) is 10.9 Å². The maximum absolute atomic E-state index is 12.5. The zero-order valence-electron chi connectivity index (χ0n) is 10.8. The Morgan fingerprint density at radius 1 is 1.10 bits per heavy atom. The summed E-state index contributed by atoms with van der Waals surface area (Å²) in [6.07, 6.45) is 0. The van der Waals surface area contributed by atoms with E-state index in [0.29, 0.717) is 27.5 Å². The molecule has 0 amide bonds. The molecule has 0 spiro atoms. The second-order valence-corrected chi connectivity index (χ2v) is 6.20. The van der Waals surface area contributed by atoms with Gasteiger partial charge in [-0.15, -0.1) is 0 Å². The molecule has 0 atom stereocenters. The highest BCUT2D eigenvalue weighted by Crippen LogP contribution is 2.21. The van der Waals surface area contributed by atoms with Gasteiger partial charge in [0.05, 0.1) is 5.52 Å². The Labute approximate surface area is 140 Å². The Kier molecular flexibility index (Phi) is 3.82. The van der Waals surface area contributed by atoms with Gasteiger partial charge in [-0.3, -0.25) is 4.79 Å². The molecule has 2 N–H and O–H groups in total. The number of rotatable bonds is 2. The number of ketones is 1. The molecule has 0 fully saturated rings. The number of pyridine rings is 1. The number of fused-ring (bicyclic) bond motifs is 1. The van der Waals surface area contributed by atoms with Gasteiger partial charge in [-0.05, 0) is 59.0 Å². The second kappa shape index (κ2) is 5.61. The van der Waals surface area contributed by atoms with E-state index in [9.17, 15) is 4.79 Å². The van der Waals surface area contributed by atoms with Crippen LogP contribution in [0.2, 0.25) is 5.02 Å². The number of hydrogen-bond donors (Lipinski definition) is 1. The molecule has 3 rings (SSSR count). The fraction of sp³-hybridized carbons (Fsp3) is 0. The van der Waals surface area contributed by atoms with E-state index in [1.165, 1.54) is 0 Å². The lowest BCUT2D eigenvalue weighted by Gasteiger charge is -2.05. The van der Waals surface area contributed by atoms with Crippen molar-refractivity contribution in [3.05, 3.63) is 68.4 Å². The first-order valence-electron chi connectivity index (χ1n) is 6.20. The Balaban J connectivity index is 2.06. The van der Waals surface area contributed by atoms with Gasteiger partial charge in [-0.25, -0.2) is 4.98 Å². The van der Waals surface area contributed by atoms with Crippen molar-refractivity contribution in [1.29, 1.82) is 0 Å². The molecule has 0 saturated carbocycles. The molecule has 104 valence electrons. The van der Waals surface area contributed by atoms with E-state index in [0.717, 1.165) is 8.96 Å². The Bertz CT molecular complexity index is 864. The van der Waals surface area contributed by atoms with Gasteiger partial charge in [-0.1, -0.05) is 23.7 Å². The maximum atomic E-state index is 12.5. The summed E-state index contributed by atoms with van der Waals surface area (Å²) in [5, 5.41) is 1.55. The van der Waals surface area contributed by atoms with Gasteiger partial charge in [0.2, 0.25) is 5.78 Å². The van der Waals surface area contributed by atoms with Crippen molar-refractivity contribution in [3.63, 3.8) is 0 Å². The van der Waals surface area contributed by atoms with Crippen LogP contribution in [0, 0.1) is 3.57 Å². The lowest BCUT2D eigenvalue weighted by molar-refractivity contribution is 0.103. The molecule has 0 aliphatic carbocycles. The molecule has 1 aromatic heterocycles. The number of nitrogens with zero attached hydrogens (tertiary/aromatic N) is 1. The molecule has 1 heterocycles. The molecule has 0 bridgehead atoms. The monoisotopic (exact) mass is 408 g/mol. The van der Waals surface area contributed by atoms with E-state index < -0.39 is 0 Å². The minimum absolute atomic E-state index is 0.130. The number of benzene rings is 2.